The maximum Gasteiger partial charge on any atom is 0.293 e. The average molecular weight is 223 g/mol. The highest BCUT2D eigenvalue weighted by atomic mass is 32.1. The molecule has 7 heteroatoms. The summed E-state index contributed by atoms with van der Waals surface area (Å²) >= 11 is 1.61. The fourth-order valence-electron chi connectivity index (χ4n) is 1.08. The quantitative estimate of drug-likeness (QED) is 0.793. The Bertz CT molecular complexity index is 449. The third-order valence-electron chi connectivity index (χ3n) is 1.93. The molecule has 0 fully saturated rings. The Labute approximate surface area is 89.7 Å². The molecule has 2 N–H and O–H groups in total. The number of H-pyrrole nitrogens is 1. The molecule has 0 atom stereocenters. The number of amides is 1. The summed E-state index contributed by atoms with van der Waals surface area (Å²) in [5.74, 6) is -0.263. The second kappa shape index (κ2) is 4.18. The smallest absolute Gasteiger partial charge is 0.293 e. The van der Waals surface area contributed by atoms with Crippen LogP contribution in [0.4, 0.5) is 0 Å². The van der Waals surface area contributed by atoms with Gasteiger partial charge in [-0.2, -0.15) is 5.21 Å². The van der Waals surface area contributed by atoms with Crippen molar-refractivity contribution in [2.24, 2.45) is 0 Å². The molecule has 2 heterocycles. The molecular formula is C8H9N5OS. The van der Waals surface area contributed by atoms with Gasteiger partial charge in [0.15, 0.2) is 0 Å². The Balaban J connectivity index is 1.95. The fraction of sp³-hybridized carbons (Fsp3) is 0.250. The average Bonchev–Trinajstić information content (AvgIpc) is 2.85. The number of carbonyl (C=O) groups excluding carboxylic acids is 1. The molecule has 2 rings (SSSR count). The first-order valence-corrected chi connectivity index (χ1v) is 5.20. The number of thiophene rings is 1. The Morgan fingerprint density at radius 3 is 3.13 bits per heavy atom. The number of nitrogens with zero attached hydrogens (tertiary/aromatic N) is 3. The van der Waals surface area contributed by atoms with Crippen LogP contribution in [0.5, 0.6) is 0 Å². The zero-order valence-corrected chi connectivity index (χ0v) is 8.84. The number of hydrogen-bond acceptors (Lipinski definition) is 5. The van der Waals surface area contributed by atoms with Gasteiger partial charge in [-0.25, -0.2) is 0 Å². The second-order valence-electron chi connectivity index (χ2n) is 2.94. The molecule has 0 saturated carbocycles. The van der Waals surface area contributed by atoms with Gasteiger partial charge in [0.1, 0.15) is 0 Å². The van der Waals surface area contributed by atoms with E-state index in [1.807, 2.05) is 18.4 Å². The van der Waals surface area contributed by atoms with Crippen LogP contribution in [0, 0.1) is 6.92 Å². The van der Waals surface area contributed by atoms with Gasteiger partial charge in [0.05, 0.1) is 6.54 Å². The molecule has 2 aromatic heterocycles. The van der Waals surface area contributed by atoms with Gasteiger partial charge in [0.2, 0.25) is 0 Å². The molecule has 0 aliphatic carbocycles. The highest BCUT2D eigenvalue weighted by Crippen LogP contribution is 2.14. The van der Waals surface area contributed by atoms with Gasteiger partial charge in [-0.05, 0) is 29.1 Å². The fourth-order valence-corrected chi connectivity index (χ4v) is 1.93. The van der Waals surface area contributed by atoms with Crippen molar-refractivity contribution in [3.05, 3.63) is 27.7 Å². The van der Waals surface area contributed by atoms with E-state index >= 15 is 0 Å². The largest absolute Gasteiger partial charge is 0.344 e. The Morgan fingerprint density at radius 1 is 1.67 bits per heavy atom. The molecule has 0 aliphatic heterocycles. The maximum absolute atomic E-state index is 11.4. The van der Waals surface area contributed by atoms with Crippen LogP contribution in [-0.4, -0.2) is 26.5 Å². The van der Waals surface area contributed by atoms with Crippen molar-refractivity contribution < 1.29 is 4.79 Å². The van der Waals surface area contributed by atoms with Crippen LogP contribution in [0.3, 0.4) is 0 Å². The van der Waals surface area contributed by atoms with E-state index in [9.17, 15) is 4.79 Å². The van der Waals surface area contributed by atoms with Crippen molar-refractivity contribution in [2.45, 2.75) is 13.5 Å². The molecule has 0 saturated heterocycles. The first kappa shape index (κ1) is 9.78. The van der Waals surface area contributed by atoms with Crippen LogP contribution in [0.15, 0.2) is 11.4 Å². The number of aromatic amines is 1. The van der Waals surface area contributed by atoms with E-state index in [-0.39, 0.29) is 11.7 Å². The van der Waals surface area contributed by atoms with E-state index in [4.69, 9.17) is 0 Å². The Morgan fingerprint density at radius 2 is 2.53 bits per heavy atom. The third kappa shape index (κ3) is 2.18. The molecule has 6 nitrogen and oxygen atoms in total. The van der Waals surface area contributed by atoms with Gasteiger partial charge in [0.25, 0.3) is 11.7 Å². The molecule has 0 bridgehead atoms. The molecule has 0 aromatic carbocycles. The van der Waals surface area contributed by atoms with Crippen molar-refractivity contribution in [3.8, 4) is 0 Å². The molecule has 0 spiro atoms. The van der Waals surface area contributed by atoms with Gasteiger partial charge < -0.3 is 5.32 Å². The number of rotatable bonds is 3. The maximum atomic E-state index is 11.4. The number of carbonyl (C=O) groups is 1. The molecule has 0 radical (unpaired) electrons. The summed E-state index contributed by atoms with van der Waals surface area (Å²) in [7, 11) is 0. The minimum absolute atomic E-state index is 0.0595. The minimum Gasteiger partial charge on any atom is -0.344 e. The lowest BCUT2D eigenvalue weighted by atomic mass is 10.3. The lowest BCUT2D eigenvalue weighted by molar-refractivity contribution is 0.0941. The summed E-state index contributed by atoms with van der Waals surface area (Å²) in [6.07, 6.45) is 0. The summed E-state index contributed by atoms with van der Waals surface area (Å²) in [5.41, 5.74) is 1.17. The van der Waals surface area contributed by atoms with Gasteiger partial charge in [-0.15, -0.1) is 21.5 Å². The topological polar surface area (TPSA) is 83.6 Å². The van der Waals surface area contributed by atoms with Crippen LogP contribution < -0.4 is 5.32 Å². The molecule has 0 unspecified atom stereocenters. The standard InChI is InChI=1S/C8H9N5OS/c1-5-2-3-15-6(5)4-9-8(14)7-10-12-13-11-7/h2-3H,4H2,1H3,(H,9,14)(H,10,11,12,13). The predicted molar refractivity (Wildman–Crippen MR) is 54.4 cm³/mol. The van der Waals surface area contributed by atoms with E-state index in [2.05, 4.69) is 25.9 Å². The van der Waals surface area contributed by atoms with Gasteiger partial charge >= 0.3 is 0 Å². The molecule has 78 valence electrons. The molecule has 1 amide bonds. The van der Waals surface area contributed by atoms with E-state index in [0.717, 1.165) is 4.88 Å². The molecule has 15 heavy (non-hydrogen) atoms. The van der Waals surface area contributed by atoms with E-state index in [0.29, 0.717) is 6.54 Å². The van der Waals surface area contributed by atoms with Crippen LogP contribution in [0.25, 0.3) is 0 Å². The van der Waals surface area contributed by atoms with E-state index in [1.54, 1.807) is 11.3 Å². The first-order valence-electron chi connectivity index (χ1n) is 4.32. The van der Waals surface area contributed by atoms with Crippen LogP contribution in [0.2, 0.25) is 0 Å². The summed E-state index contributed by atoms with van der Waals surface area (Å²) in [6, 6.07) is 2.01. The lowest BCUT2D eigenvalue weighted by Gasteiger charge is -2.00. The predicted octanol–water partition coefficient (Wildman–Crippen LogP) is 0.500. The number of aromatic nitrogens is 4. The summed E-state index contributed by atoms with van der Waals surface area (Å²) < 4.78 is 0. The summed E-state index contributed by atoms with van der Waals surface area (Å²) in [4.78, 5) is 12.6. The van der Waals surface area contributed by atoms with Crippen molar-refractivity contribution in [3.63, 3.8) is 0 Å². The number of aryl methyl sites for hydroxylation is 1. The van der Waals surface area contributed by atoms with Gasteiger partial charge in [-0.1, -0.05) is 0 Å². The summed E-state index contributed by atoms with van der Waals surface area (Å²) in [6.45, 7) is 2.50. The molecule has 0 aliphatic rings. The molecular weight excluding hydrogens is 214 g/mol. The summed E-state index contributed by atoms with van der Waals surface area (Å²) in [5, 5.41) is 17.4. The normalized spacial score (nSPS) is 10.2. The first-order chi connectivity index (χ1) is 7.27. The van der Waals surface area contributed by atoms with Gasteiger partial charge in [-0.3, -0.25) is 4.79 Å². The van der Waals surface area contributed by atoms with E-state index in [1.165, 1.54) is 5.56 Å². The van der Waals surface area contributed by atoms with Crippen LogP contribution >= 0.6 is 11.3 Å². The van der Waals surface area contributed by atoms with Crippen molar-refractivity contribution in [1.82, 2.24) is 25.9 Å². The zero-order valence-electron chi connectivity index (χ0n) is 8.02. The van der Waals surface area contributed by atoms with Crippen LogP contribution in [0.1, 0.15) is 21.1 Å². The lowest BCUT2D eigenvalue weighted by Crippen LogP contribution is -2.23. The molecule has 2 aromatic rings. The Kier molecular flexibility index (Phi) is 2.72. The highest BCUT2D eigenvalue weighted by Gasteiger charge is 2.10. The monoisotopic (exact) mass is 223 g/mol. The number of tetrazole rings is 1. The minimum atomic E-state index is -0.323. The van der Waals surface area contributed by atoms with Crippen molar-refractivity contribution in [1.29, 1.82) is 0 Å². The van der Waals surface area contributed by atoms with E-state index < -0.39 is 0 Å². The van der Waals surface area contributed by atoms with Crippen molar-refractivity contribution >= 4 is 17.2 Å². The SMILES string of the molecule is Cc1ccsc1CNC(=O)c1nn[nH]n1. The number of nitrogens with one attached hydrogen (secondary N) is 2. The van der Waals surface area contributed by atoms with Crippen LogP contribution in [-0.2, 0) is 6.54 Å². The third-order valence-corrected chi connectivity index (χ3v) is 2.95. The zero-order chi connectivity index (χ0) is 10.7. The second-order valence-corrected chi connectivity index (χ2v) is 3.95. The van der Waals surface area contributed by atoms with Gasteiger partial charge in [0, 0.05) is 4.88 Å². The highest BCUT2D eigenvalue weighted by molar-refractivity contribution is 7.10. The van der Waals surface area contributed by atoms with Crippen molar-refractivity contribution in [2.75, 3.05) is 0 Å². The number of hydrogen-bond donors (Lipinski definition) is 2. The Hall–Kier alpha value is -1.76.